The molecule has 0 spiro atoms. The number of anilines is 1. The van der Waals surface area contributed by atoms with Gasteiger partial charge in [-0.05, 0) is 17.7 Å². The molecular formula is C13H9BrN4O2. The average Bonchev–Trinajstić information content (AvgIpc) is 2.82. The Morgan fingerprint density at radius 3 is 2.65 bits per heavy atom. The van der Waals surface area contributed by atoms with E-state index < -0.39 is 0 Å². The summed E-state index contributed by atoms with van der Waals surface area (Å²) < 4.78 is 0.958. The lowest BCUT2D eigenvalue weighted by Crippen LogP contribution is -2.22. The summed E-state index contributed by atoms with van der Waals surface area (Å²) in [6.07, 6.45) is 1.44. The molecule has 1 aliphatic heterocycles. The van der Waals surface area contributed by atoms with E-state index in [1.54, 1.807) is 0 Å². The third-order valence-corrected chi connectivity index (χ3v) is 3.36. The summed E-state index contributed by atoms with van der Waals surface area (Å²) in [4.78, 5) is 29.6. The van der Waals surface area contributed by atoms with Gasteiger partial charge in [-0.25, -0.2) is 4.98 Å². The van der Waals surface area contributed by atoms with Crippen LogP contribution in [0.5, 0.6) is 0 Å². The predicted octanol–water partition coefficient (Wildman–Crippen LogP) is 1.67. The fraction of sp³-hybridized carbons (Fsp3) is 0.0769. The molecule has 1 aliphatic rings. The first-order chi connectivity index (χ1) is 9.63. The molecule has 20 heavy (non-hydrogen) atoms. The molecule has 6 nitrogen and oxygen atoms in total. The molecule has 0 saturated heterocycles. The molecule has 7 heteroatoms. The largest absolute Gasteiger partial charge is 0.313 e. The van der Waals surface area contributed by atoms with Crippen LogP contribution in [0.4, 0.5) is 5.82 Å². The van der Waals surface area contributed by atoms with Crippen LogP contribution in [0, 0.1) is 0 Å². The highest BCUT2D eigenvalue weighted by molar-refractivity contribution is 9.10. The summed E-state index contributed by atoms with van der Waals surface area (Å²) in [5.74, 6) is 0.0203. The van der Waals surface area contributed by atoms with Crippen molar-refractivity contribution in [1.82, 2.24) is 9.97 Å². The standard InChI is InChI=1S/C13H9BrN4O2/c14-9-3-1-8(2-4-9)10-5-13(20)18(17-10)11-6-12(19)16-7-15-11/h1-4,6-7H,5H2,(H,15,16,19). The molecule has 2 heterocycles. The molecule has 1 N–H and O–H groups in total. The number of benzene rings is 1. The van der Waals surface area contributed by atoms with Gasteiger partial charge in [0.15, 0.2) is 5.82 Å². The summed E-state index contributed by atoms with van der Waals surface area (Å²) in [5.41, 5.74) is 1.20. The number of aromatic nitrogens is 2. The fourth-order valence-corrected chi connectivity index (χ4v) is 2.15. The molecule has 0 atom stereocenters. The number of hydrogen-bond donors (Lipinski definition) is 1. The number of hydrogen-bond acceptors (Lipinski definition) is 4. The third kappa shape index (κ3) is 2.39. The van der Waals surface area contributed by atoms with Gasteiger partial charge < -0.3 is 4.98 Å². The van der Waals surface area contributed by atoms with Gasteiger partial charge in [-0.1, -0.05) is 28.1 Å². The van der Waals surface area contributed by atoms with E-state index in [9.17, 15) is 9.59 Å². The number of H-pyrrole nitrogens is 1. The molecule has 0 unspecified atom stereocenters. The third-order valence-electron chi connectivity index (χ3n) is 2.83. The van der Waals surface area contributed by atoms with Gasteiger partial charge >= 0.3 is 0 Å². The first kappa shape index (κ1) is 12.7. The Kier molecular flexibility index (Phi) is 3.19. The summed E-state index contributed by atoms with van der Waals surface area (Å²) in [7, 11) is 0. The molecule has 0 fully saturated rings. The number of aromatic amines is 1. The molecule has 1 amide bonds. The minimum absolute atomic E-state index is 0.191. The van der Waals surface area contributed by atoms with E-state index in [0.717, 1.165) is 15.0 Å². The van der Waals surface area contributed by atoms with E-state index in [2.05, 4.69) is 31.0 Å². The Hall–Kier alpha value is -2.28. The molecule has 0 saturated carbocycles. The minimum Gasteiger partial charge on any atom is -0.313 e. The lowest BCUT2D eigenvalue weighted by molar-refractivity contribution is -0.116. The van der Waals surface area contributed by atoms with Crippen LogP contribution in [-0.4, -0.2) is 21.6 Å². The van der Waals surface area contributed by atoms with Crippen molar-refractivity contribution in [2.75, 3.05) is 5.01 Å². The van der Waals surface area contributed by atoms with Crippen LogP contribution in [-0.2, 0) is 4.79 Å². The number of hydrazone groups is 1. The average molecular weight is 333 g/mol. The van der Waals surface area contributed by atoms with E-state index in [-0.39, 0.29) is 23.7 Å². The number of halogens is 1. The quantitative estimate of drug-likeness (QED) is 0.908. The van der Waals surface area contributed by atoms with Crippen LogP contribution in [0.2, 0.25) is 0 Å². The maximum absolute atomic E-state index is 12.0. The van der Waals surface area contributed by atoms with Gasteiger partial charge in [-0.15, -0.1) is 0 Å². The van der Waals surface area contributed by atoms with Crippen molar-refractivity contribution >= 4 is 33.4 Å². The van der Waals surface area contributed by atoms with Gasteiger partial charge in [-0.3, -0.25) is 9.59 Å². The number of amides is 1. The lowest BCUT2D eigenvalue weighted by Gasteiger charge is -2.08. The zero-order valence-corrected chi connectivity index (χ0v) is 11.8. The highest BCUT2D eigenvalue weighted by Gasteiger charge is 2.27. The van der Waals surface area contributed by atoms with Crippen LogP contribution in [0.25, 0.3) is 0 Å². The Balaban J connectivity index is 1.96. The second-order valence-corrected chi connectivity index (χ2v) is 5.12. The van der Waals surface area contributed by atoms with Crippen molar-refractivity contribution in [3.05, 3.63) is 57.0 Å². The van der Waals surface area contributed by atoms with Gasteiger partial charge in [0.25, 0.3) is 11.5 Å². The first-order valence-electron chi connectivity index (χ1n) is 5.84. The monoisotopic (exact) mass is 332 g/mol. The van der Waals surface area contributed by atoms with Crippen LogP contribution in [0.15, 0.2) is 51.0 Å². The van der Waals surface area contributed by atoms with E-state index in [4.69, 9.17) is 0 Å². The van der Waals surface area contributed by atoms with Gasteiger partial charge in [0, 0.05) is 10.5 Å². The SMILES string of the molecule is O=C1CC(c2ccc(Br)cc2)=NN1c1cc(=O)[nH]cn1. The number of nitrogens with zero attached hydrogens (tertiary/aromatic N) is 3. The summed E-state index contributed by atoms with van der Waals surface area (Å²) in [6.45, 7) is 0. The second kappa shape index (κ2) is 5.01. The molecule has 100 valence electrons. The molecule has 3 rings (SSSR count). The van der Waals surface area contributed by atoms with Crippen molar-refractivity contribution in [1.29, 1.82) is 0 Å². The van der Waals surface area contributed by atoms with Crippen molar-refractivity contribution in [3.8, 4) is 0 Å². The van der Waals surface area contributed by atoms with E-state index in [0.29, 0.717) is 5.71 Å². The number of carbonyl (C=O) groups is 1. The Morgan fingerprint density at radius 2 is 1.95 bits per heavy atom. The zero-order valence-electron chi connectivity index (χ0n) is 10.2. The Labute approximate surface area is 122 Å². The van der Waals surface area contributed by atoms with Gasteiger partial charge in [0.05, 0.1) is 18.5 Å². The van der Waals surface area contributed by atoms with E-state index in [1.807, 2.05) is 24.3 Å². The molecule has 0 radical (unpaired) electrons. The highest BCUT2D eigenvalue weighted by Crippen LogP contribution is 2.20. The second-order valence-electron chi connectivity index (χ2n) is 4.21. The van der Waals surface area contributed by atoms with Gasteiger partial charge in [0.1, 0.15) is 0 Å². The summed E-state index contributed by atoms with van der Waals surface area (Å²) in [5, 5.41) is 5.41. The number of rotatable bonds is 2. The van der Waals surface area contributed by atoms with E-state index >= 15 is 0 Å². The van der Waals surface area contributed by atoms with Gasteiger partial charge in [0.2, 0.25) is 0 Å². The van der Waals surface area contributed by atoms with Crippen LogP contribution in [0.3, 0.4) is 0 Å². The molecule has 1 aromatic carbocycles. The topological polar surface area (TPSA) is 78.4 Å². The fourth-order valence-electron chi connectivity index (χ4n) is 1.89. The number of nitrogens with one attached hydrogen (secondary N) is 1. The van der Waals surface area contributed by atoms with Crippen molar-refractivity contribution in [2.45, 2.75) is 6.42 Å². The van der Waals surface area contributed by atoms with Crippen molar-refractivity contribution in [2.24, 2.45) is 5.10 Å². The van der Waals surface area contributed by atoms with Crippen LogP contribution in [0.1, 0.15) is 12.0 Å². The molecule has 2 aromatic rings. The summed E-state index contributed by atoms with van der Waals surface area (Å²) in [6, 6.07) is 8.77. The van der Waals surface area contributed by atoms with Crippen LogP contribution >= 0.6 is 15.9 Å². The highest BCUT2D eigenvalue weighted by atomic mass is 79.9. The summed E-state index contributed by atoms with van der Waals surface area (Å²) >= 11 is 3.36. The minimum atomic E-state index is -0.324. The van der Waals surface area contributed by atoms with E-state index in [1.165, 1.54) is 12.4 Å². The Morgan fingerprint density at radius 1 is 1.20 bits per heavy atom. The smallest absolute Gasteiger partial charge is 0.254 e. The molecule has 0 bridgehead atoms. The lowest BCUT2D eigenvalue weighted by atomic mass is 10.1. The first-order valence-corrected chi connectivity index (χ1v) is 6.64. The van der Waals surface area contributed by atoms with Crippen molar-refractivity contribution in [3.63, 3.8) is 0 Å². The van der Waals surface area contributed by atoms with Crippen LogP contribution < -0.4 is 10.6 Å². The maximum atomic E-state index is 12.0. The molecular weight excluding hydrogens is 324 g/mol. The maximum Gasteiger partial charge on any atom is 0.254 e. The zero-order chi connectivity index (χ0) is 14.1. The predicted molar refractivity (Wildman–Crippen MR) is 77.6 cm³/mol. The molecule has 0 aliphatic carbocycles. The Bertz CT molecular complexity index is 751. The molecule has 1 aromatic heterocycles. The van der Waals surface area contributed by atoms with Gasteiger partial charge in [-0.2, -0.15) is 10.1 Å². The van der Waals surface area contributed by atoms with Crippen molar-refractivity contribution < 1.29 is 4.79 Å². The number of carbonyl (C=O) groups excluding carboxylic acids is 1. The normalized spacial score (nSPS) is 14.6.